The molecule has 0 aromatic heterocycles. The van der Waals surface area contributed by atoms with Gasteiger partial charge in [-0.25, -0.2) is 0 Å². The predicted molar refractivity (Wildman–Crippen MR) is 56.1 cm³/mol. The number of aryl methyl sites for hydroxylation is 1. The van der Waals surface area contributed by atoms with E-state index in [0.29, 0.717) is 0 Å². The zero-order valence-corrected chi connectivity index (χ0v) is 8.21. The van der Waals surface area contributed by atoms with Gasteiger partial charge in [-0.1, -0.05) is 13.0 Å². The Hall–Kier alpha value is -0.980. The van der Waals surface area contributed by atoms with Crippen molar-refractivity contribution in [3.05, 3.63) is 29.8 Å². The molecule has 0 bridgehead atoms. The SMILES string of the molecule is CCCN1CCCc2c[c]ccc21. The molecule has 1 nitrogen and oxygen atoms in total. The monoisotopic (exact) mass is 174 g/mol. The molecule has 1 aromatic carbocycles. The molecule has 0 saturated heterocycles. The molecule has 0 atom stereocenters. The van der Waals surface area contributed by atoms with Gasteiger partial charge in [0, 0.05) is 18.8 Å². The number of fused-ring (bicyclic) bond motifs is 1. The molecule has 1 heterocycles. The molecule has 0 amide bonds. The van der Waals surface area contributed by atoms with Gasteiger partial charge in [0.25, 0.3) is 0 Å². The third-order valence-corrected chi connectivity index (χ3v) is 2.63. The first-order valence-electron chi connectivity index (χ1n) is 5.15. The van der Waals surface area contributed by atoms with Gasteiger partial charge in [0.15, 0.2) is 0 Å². The molecular weight excluding hydrogens is 158 g/mol. The van der Waals surface area contributed by atoms with Crippen LogP contribution in [0.3, 0.4) is 0 Å². The molecule has 1 aromatic rings. The Morgan fingerprint density at radius 2 is 2.46 bits per heavy atom. The van der Waals surface area contributed by atoms with Crippen molar-refractivity contribution in [1.29, 1.82) is 0 Å². The van der Waals surface area contributed by atoms with Crippen molar-refractivity contribution in [2.45, 2.75) is 26.2 Å². The lowest BCUT2D eigenvalue weighted by Crippen LogP contribution is -2.29. The summed E-state index contributed by atoms with van der Waals surface area (Å²) < 4.78 is 0. The van der Waals surface area contributed by atoms with E-state index >= 15 is 0 Å². The first-order chi connectivity index (χ1) is 6.42. The van der Waals surface area contributed by atoms with Crippen LogP contribution in [-0.4, -0.2) is 13.1 Å². The summed E-state index contributed by atoms with van der Waals surface area (Å²) in [5.74, 6) is 0. The minimum Gasteiger partial charge on any atom is -0.371 e. The van der Waals surface area contributed by atoms with Crippen LogP contribution in [0.5, 0.6) is 0 Å². The van der Waals surface area contributed by atoms with Crippen molar-refractivity contribution < 1.29 is 0 Å². The van der Waals surface area contributed by atoms with Crippen LogP contribution in [-0.2, 0) is 6.42 Å². The van der Waals surface area contributed by atoms with Crippen LogP contribution in [0.1, 0.15) is 25.3 Å². The molecule has 0 unspecified atom stereocenters. The molecular formula is C12H16N. The number of nitrogens with zero attached hydrogens (tertiary/aromatic N) is 1. The lowest BCUT2D eigenvalue weighted by atomic mass is 10.0. The summed E-state index contributed by atoms with van der Waals surface area (Å²) in [6.45, 7) is 4.66. The second-order valence-corrected chi connectivity index (χ2v) is 3.65. The standard InChI is InChI=1S/C12H16N/c1-2-9-13-10-5-7-11-6-3-4-8-12(11)13/h4,6,8H,2,5,7,9-10H2,1H3. The Balaban J connectivity index is 2.26. The molecule has 1 radical (unpaired) electrons. The highest BCUT2D eigenvalue weighted by Gasteiger charge is 2.14. The minimum atomic E-state index is 1.19. The van der Waals surface area contributed by atoms with Crippen LogP contribution < -0.4 is 4.90 Å². The zero-order chi connectivity index (χ0) is 9.10. The lowest BCUT2D eigenvalue weighted by Gasteiger charge is -2.30. The summed E-state index contributed by atoms with van der Waals surface area (Å²) in [4.78, 5) is 2.49. The van der Waals surface area contributed by atoms with Crippen molar-refractivity contribution in [2.75, 3.05) is 18.0 Å². The third kappa shape index (κ3) is 1.69. The van der Waals surface area contributed by atoms with Crippen LogP contribution in [0.25, 0.3) is 0 Å². The fraction of sp³-hybridized carbons (Fsp3) is 0.500. The Kier molecular flexibility index (Phi) is 2.53. The van der Waals surface area contributed by atoms with Crippen LogP contribution in [0.15, 0.2) is 18.2 Å². The van der Waals surface area contributed by atoms with E-state index in [4.69, 9.17) is 0 Å². The van der Waals surface area contributed by atoms with Crippen LogP contribution in [0, 0.1) is 6.07 Å². The van der Waals surface area contributed by atoms with E-state index in [0.717, 1.165) is 0 Å². The van der Waals surface area contributed by atoms with Gasteiger partial charge in [0.2, 0.25) is 0 Å². The Morgan fingerprint density at radius 1 is 1.54 bits per heavy atom. The first kappa shape index (κ1) is 8.61. The highest BCUT2D eigenvalue weighted by atomic mass is 15.1. The third-order valence-electron chi connectivity index (χ3n) is 2.63. The number of hydrogen-bond acceptors (Lipinski definition) is 1. The molecule has 0 aliphatic carbocycles. The minimum absolute atomic E-state index is 1.19. The Labute approximate surface area is 80.4 Å². The van der Waals surface area contributed by atoms with Gasteiger partial charge in [-0.05, 0) is 43.0 Å². The van der Waals surface area contributed by atoms with Crippen molar-refractivity contribution in [1.82, 2.24) is 0 Å². The fourth-order valence-corrected chi connectivity index (χ4v) is 2.05. The molecule has 69 valence electrons. The summed E-state index contributed by atoms with van der Waals surface area (Å²) >= 11 is 0. The van der Waals surface area contributed by atoms with E-state index in [1.54, 1.807) is 0 Å². The summed E-state index contributed by atoms with van der Waals surface area (Å²) in [6, 6.07) is 9.51. The van der Waals surface area contributed by atoms with Gasteiger partial charge in [0.1, 0.15) is 0 Å². The average molecular weight is 174 g/mol. The summed E-state index contributed by atoms with van der Waals surface area (Å²) in [5, 5.41) is 0. The topological polar surface area (TPSA) is 3.24 Å². The maximum atomic E-state index is 3.16. The summed E-state index contributed by atoms with van der Waals surface area (Å²) in [6.07, 6.45) is 3.76. The number of hydrogen-bond donors (Lipinski definition) is 0. The molecule has 0 fully saturated rings. The van der Waals surface area contributed by atoms with E-state index in [2.05, 4.69) is 30.0 Å². The second-order valence-electron chi connectivity index (χ2n) is 3.65. The van der Waals surface area contributed by atoms with Gasteiger partial charge >= 0.3 is 0 Å². The van der Waals surface area contributed by atoms with Crippen molar-refractivity contribution in [3.63, 3.8) is 0 Å². The summed E-state index contributed by atoms with van der Waals surface area (Å²) in [5.41, 5.74) is 2.91. The molecule has 0 N–H and O–H groups in total. The Bertz CT molecular complexity index is 280. The molecule has 1 aliphatic heterocycles. The predicted octanol–water partition coefficient (Wildman–Crippen LogP) is 2.65. The maximum absolute atomic E-state index is 3.16. The molecule has 0 spiro atoms. The van der Waals surface area contributed by atoms with E-state index in [1.807, 2.05) is 6.07 Å². The van der Waals surface area contributed by atoms with Gasteiger partial charge < -0.3 is 4.90 Å². The number of rotatable bonds is 2. The lowest BCUT2D eigenvalue weighted by molar-refractivity contribution is 0.681. The van der Waals surface area contributed by atoms with E-state index in [9.17, 15) is 0 Å². The van der Waals surface area contributed by atoms with Crippen LogP contribution in [0.4, 0.5) is 5.69 Å². The smallest absolute Gasteiger partial charge is 0.0399 e. The van der Waals surface area contributed by atoms with Crippen molar-refractivity contribution in [3.8, 4) is 0 Å². The summed E-state index contributed by atoms with van der Waals surface area (Å²) in [7, 11) is 0. The highest BCUT2D eigenvalue weighted by molar-refractivity contribution is 5.55. The fourth-order valence-electron chi connectivity index (χ4n) is 2.05. The number of benzene rings is 1. The molecule has 2 rings (SSSR count). The van der Waals surface area contributed by atoms with E-state index in [1.165, 1.54) is 43.6 Å². The largest absolute Gasteiger partial charge is 0.371 e. The van der Waals surface area contributed by atoms with Crippen LogP contribution in [0.2, 0.25) is 0 Å². The molecule has 0 saturated carbocycles. The van der Waals surface area contributed by atoms with Gasteiger partial charge in [-0.3, -0.25) is 0 Å². The van der Waals surface area contributed by atoms with Gasteiger partial charge in [0.05, 0.1) is 0 Å². The molecule has 1 aliphatic rings. The maximum Gasteiger partial charge on any atom is 0.0399 e. The van der Waals surface area contributed by atoms with Gasteiger partial charge in [-0.2, -0.15) is 0 Å². The van der Waals surface area contributed by atoms with Crippen molar-refractivity contribution in [2.24, 2.45) is 0 Å². The number of anilines is 1. The van der Waals surface area contributed by atoms with E-state index in [-0.39, 0.29) is 0 Å². The van der Waals surface area contributed by atoms with E-state index < -0.39 is 0 Å². The average Bonchev–Trinajstić information content (AvgIpc) is 2.19. The Morgan fingerprint density at radius 3 is 3.31 bits per heavy atom. The normalized spacial score (nSPS) is 15.6. The first-order valence-corrected chi connectivity index (χ1v) is 5.15. The van der Waals surface area contributed by atoms with Crippen molar-refractivity contribution >= 4 is 5.69 Å². The van der Waals surface area contributed by atoms with Gasteiger partial charge in [-0.15, -0.1) is 0 Å². The molecule has 1 heteroatoms. The van der Waals surface area contributed by atoms with Crippen LogP contribution >= 0.6 is 0 Å². The quantitative estimate of drug-likeness (QED) is 0.666. The highest BCUT2D eigenvalue weighted by Crippen LogP contribution is 2.26. The second kappa shape index (κ2) is 3.82. The molecule has 13 heavy (non-hydrogen) atoms. The zero-order valence-electron chi connectivity index (χ0n) is 8.21.